The summed E-state index contributed by atoms with van der Waals surface area (Å²) in [5.41, 5.74) is 0.322. The summed E-state index contributed by atoms with van der Waals surface area (Å²) in [5.74, 6) is 0.394. The van der Waals surface area contributed by atoms with Crippen LogP contribution in [0.25, 0.3) is 11.1 Å². The highest BCUT2D eigenvalue weighted by atomic mass is 16.5. The number of methoxy groups -OCH3 is 1. The lowest BCUT2D eigenvalue weighted by Gasteiger charge is -2.33. The third-order valence-electron chi connectivity index (χ3n) is 6.52. The Morgan fingerprint density at radius 1 is 1.09 bits per heavy atom. The Balaban J connectivity index is 1.45. The Labute approximate surface area is 188 Å². The van der Waals surface area contributed by atoms with E-state index in [9.17, 15) is 14.4 Å². The van der Waals surface area contributed by atoms with Gasteiger partial charge in [0.25, 0.3) is 17.5 Å². The molecule has 3 aliphatic heterocycles. The van der Waals surface area contributed by atoms with Crippen molar-refractivity contribution in [2.24, 2.45) is 0 Å². The summed E-state index contributed by atoms with van der Waals surface area (Å²) in [7, 11) is 1.52. The third-order valence-corrected chi connectivity index (χ3v) is 6.52. The van der Waals surface area contributed by atoms with Crippen molar-refractivity contribution in [3.8, 4) is 5.75 Å². The van der Waals surface area contributed by atoms with Crippen molar-refractivity contribution < 1.29 is 23.5 Å². The lowest BCUT2D eigenvalue weighted by Crippen LogP contribution is -2.57. The van der Waals surface area contributed by atoms with Crippen LogP contribution < -0.4 is 20.3 Å². The molecule has 1 atom stereocenters. The van der Waals surface area contributed by atoms with Gasteiger partial charge in [0.15, 0.2) is 11.3 Å². The van der Waals surface area contributed by atoms with Crippen molar-refractivity contribution >= 4 is 34.8 Å². The predicted octanol–water partition coefficient (Wildman–Crippen LogP) is 2.08. The van der Waals surface area contributed by atoms with Crippen LogP contribution in [0.5, 0.6) is 5.75 Å². The van der Waals surface area contributed by atoms with E-state index in [1.807, 2.05) is 6.07 Å². The summed E-state index contributed by atoms with van der Waals surface area (Å²) in [6, 6.07) is 9.75. The second-order valence-corrected chi connectivity index (χ2v) is 8.39. The number of amides is 4. The molecule has 2 N–H and O–H groups in total. The van der Waals surface area contributed by atoms with Crippen LogP contribution in [0.15, 0.2) is 40.8 Å². The smallest absolute Gasteiger partial charge is 0.324 e. The molecule has 2 saturated heterocycles. The zero-order valence-electron chi connectivity index (χ0n) is 17.9. The summed E-state index contributed by atoms with van der Waals surface area (Å²) in [6.07, 6.45) is 2.24. The van der Waals surface area contributed by atoms with Crippen molar-refractivity contribution in [2.45, 2.75) is 25.0 Å². The lowest BCUT2D eigenvalue weighted by molar-refractivity contribution is -0.131. The number of ether oxygens (including phenoxy) is 1. The van der Waals surface area contributed by atoms with Crippen LogP contribution in [-0.2, 0) is 17.0 Å². The molecular weight excluding hydrogens is 426 g/mol. The molecule has 0 saturated carbocycles. The van der Waals surface area contributed by atoms with Gasteiger partial charge in [0, 0.05) is 24.7 Å². The zero-order chi connectivity index (χ0) is 22.7. The first-order valence-corrected chi connectivity index (χ1v) is 10.8. The van der Waals surface area contributed by atoms with Crippen molar-refractivity contribution in [3.63, 3.8) is 0 Å². The molecule has 0 aliphatic carbocycles. The Morgan fingerprint density at radius 2 is 1.91 bits per heavy atom. The van der Waals surface area contributed by atoms with Crippen LogP contribution in [0.3, 0.4) is 0 Å². The average molecular weight is 447 g/mol. The third kappa shape index (κ3) is 2.80. The van der Waals surface area contributed by atoms with Crippen LogP contribution in [-0.4, -0.2) is 47.9 Å². The van der Waals surface area contributed by atoms with Gasteiger partial charge in [-0.1, -0.05) is 6.07 Å². The summed E-state index contributed by atoms with van der Waals surface area (Å²) < 4.78 is 11.3. The Hall–Kier alpha value is -4.08. The zero-order valence-corrected chi connectivity index (χ0v) is 17.9. The van der Waals surface area contributed by atoms with E-state index in [-0.39, 0.29) is 12.3 Å². The molecule has 5 heterocycles. The topological polar surface area (TPSA) is 117 Å². The van der Waals surface area contributed by atoms with E-state index in [2.05, 4.69) is 15.5 Å². The number of carbonyl (C=O) groups excluding carboxylic acids is 3. The maximum atomic E-state index is 13.4. The first kappa shape index (κ1) is 19.6. The minimum absolute atomic E-state index is 0.120. The molecule has 6 rings (SSSR count). The molecule has 1 unspecified atom stereocenters. The summed E-state index contributed by atoms with van der Waals surface area (Å²) in [6.45, 7) is 2.00. The normalized spacial score (nSPS) is 22.2. The Morgan fingerprint density at radius 3 is 2.64 bits per heavy atom. The molecule has 0 spiro atoms. The van der Waals surface area contributed by atoms with Gasteiger partial charge in [0.05, 0.1) is 13.7 Å². The van der Waals surface area contributed by atoms with Crippen molar-refractivity contribution in [1.29, 1.82) is 0 Å². The minimum Gasteiger partial charge on any atom is -0.497 e. The van der Waals surface area contributed by atoms with E-state index in [0.717, 1.165) is 37.3 Å². The molecular formula is C23H21N5O5. The first-order valence-electron chi connectivity index (χ1n) is 10.8. The molecule has 3 aromatic rings. The van der Waals surface area contributed by atoms with Gasteiger partial charge in [-0.05, 0) is 42.7 Å². The van der Waals surface area contributed by atoms with Crippen LogP contribution in [0.4, 0.5) is 10.6 Å². The molecule has 4 amide bonds. The number of aromatic nitrogens is 1. The van der Waals surface area contributed by atoms with E-state index in [0.29, 0.717) is 22.4 Å². The van der Waals surface area contributed by atoms with Gasteiger partial charge in [-0.15, -0.1) is 0 Å². The van der Waals surface area contributed by atoms with Gasteiger partial charge >= 0.3 is 6.03 Å². The maximum Gasteiger partial charge on any atom is 0.324 e. The highest BCUT2D eigenvalue weighted by Crippen LogP contribution is 2.39. The van der Waals surface area contributed by atoms with Gasteiger partial charge < -0.3 is 19.4 Å². The summed E-state index contributed by atoms with van der Waals surface area (Å²) in [4.78, 5) is 47.0. The number of urea groups is 1. The Kier molecular flexibility index (Phi) is 4.13. The molecule has 10 heteroatoms. The van der Waals surface area contributed by atoms with Crippen molar-refractivity contribution in [3.05, 3.63) is 53.3 Å². The SMILES string of the molecule is COc1ccc2c(c1)C(=O)N(C1(c3cc4nc(N5CCCC5)ccc4o3)NC(=O)NC1=O)C2. The van der Waals surface area contributed by atoms with Crippen LogP contribution in [0.1, 0.15) is 34.5 Å². The molecule has 0 bridgehead atoms. The molecule has 1 aromatic carbocycles. The minimum atomic E-state index is -1.82. The number of fused-ring (bicyclic) bond motifs is 2. The van der Waals surface area contributed by atoms with Crippen LogP contribution in [0, 0.1) is 0 Å². The van der Waals surface area contributed by atoms with Gasteiger partial charge in [-0.25, -0.2) is 9.78 Å². The van der Waals surface area contributed by atoms with Gasteiger partial charge in [0.1, 0.15) is 17.1 Å². The second-order valence-electron chi connectivity index (χ2n) is 8.39. The number of furan rings is 1. The van der Waals surface area contributed by atoms with E-state index in [4.69, 9.17) is 14.1 Å². The number of nitrogens with one attached hydrogen (secondary N) is 2. The Bertz CT molecular complexity index is 1330. The quantitative estimate of drug-likeness (QED) is 0.588. The molecule has 0 radical (unpaired) electrons. The fraction of sp³-hybridized carbons (Fsp3) is 0.304. The second kappa shape index (κ2) is 6.96. The molecule has 168 valence electrons. The van der Waals surface area contributed by atoms with E-state index in [1.54, 1.807) is 30.3 Å². The first-order chi connectivity index (χ1) is 16.0. The fourth-order valence-corrected chi connectivity index (χ4v) is 4.83. The number of rotatable bonds is 4. The highest BCUT2D eigenvalue weighted by Gasteiger charge is 2.58. The van der Waals surface area contributed by atoms with Crippen molar-refractivity contribution in [2.75, 3.05) is 25.1 Å². The van der Waals surface area contributed by atoms with E-state index >= 15 is 0 Å². The summed E-state index contributed by atoms with van der Waals surface area (Å²) >= 11 is 0. The van der Waals surface area contributed by atoms with Gasteiger partial charge in [0.2, 0.25) is 0 Å². The summed E-state index contributed by atoms with van der Waals surface area (Å²) in [5, 5.41) is 4.90. The molecule has 33 heavy (non-hydrogen) atoms. The van der Waals surface area contributed by atoms with Gasteiger partial charge in [-0.3, -0.25) is 19.8 Å². The standard InChI is InChI=1S/C23H21N5O5/c1-32-14-5-4-13-12-28(20(29)15(13)10-14)23(21(30)25-22(31)26-23)18-11-16-17(33-18)6-7-19(24-16)27-8-2-3-9-27/h4-7,10-11H,2-3,8-9,12H2,1H3,(H2,25,26,30,31). The number of pyridine rings is 1. The average Bonchev–Trinajstić information content (AvgIpc) is 3.59. The van der Waals surface area contributed by atoms with Crippen molar-refractivity contribution in [1.82, 2.24) is 20.5 Å². The number of nitrogens with zero attached hydrogens (tertiary/aromatic N) is 3. The monoisotopic (exact) mass is 447 g/mol. The highest BCUT2D eigenvalue weighted by molar-refractivity contribution is 6.11. The van der Waals surface area contributed by atoms with Crippen LogP contribution in [0.2, 0.25) is 0 Å². The van der Waals surface area contributed by atoms with Gasteiger partial charge in [-0.2, -0.15) is 0 Å². The maximum absolute atomic E-state index is 13.4. The van der Waals surface area contributed by atoms with E-state index in [1.165, 1.54) is 12.0 Å². The number of carbonyl (C=O) groups is 3. The van der Waals surface area contributed by atoms with E-state index < -0.39 is 23.5 Å². The number of imide groups is 1. The molecule has 2 fully saturated rings. The number of hydrogen-bond acceptors (Lipinski definition) is 7. The predicted molar refractivity (Wildman–Crippen MR) is 117 cm³/mol. The largest absolute Gasteiger partial charge is 0.497 e. The fourth-order valence-electron chi connectivity index (χ4n) is 4.83. The lowest BCUT2D eigenvalue weighted by atomic mass is 10.1. The molecule has 10 nitrogen and oxygen atoms in total. The number of hydrogen-bond donors (Lipinski definition) is 2. The molecule has 3 aliphatic rings. The molecule has 2 aromatic heterocycles. The number of benzene rings is 1. The number of anilines is 1. The van der Waals surface area contributed by atoms with Crippen LogP contribution >= 0.6 is 0 Å².